The molecule has 2 heterocycles. The van der Waals surface area contributed by atoms with Crippen LogP contribution in [-0.2, 0) is 9.53 Å². The van der Waals surface area contributed by atoms with Crippen LogP contribution in [0.1, 0.15) is 12.8 Å². The van der Waals surface area contributed by atoms with E-state index in [4.69, 9.17) is 4.74 Å². The third kappa shape index (κ3) is 3.53. The number of aromatic nitrogens is 3. The summed E-state index contributed by atoms with van der Waals surface area (Å²) in [6, 6.07) is 7.11. The number of carbonyl (C=O) groups excluding carboxylic acids is 2. The number of carbonyl (C=O) groups is 2. The smallest absolute Gasteiger partial charge is 0.321 e. The number of piperidine rings is 1. The first-order valence-electron chi connectivity index (χ1n) is 7.78. The molecule has 0 unspecified atom stereocenters. The van der Waals surface area contributed by atoms with Gasteiger partial charge >= 0.3 is 12.0 Å². The van der Waals surface area contributed by atoms with E-state index in [-0.39, 0.29) is 17.9 Å². The number of hydrogen-bond donors (Lipinski definition) is 1. The molecule has 0 aliphatic carbocycles. The highest BCUT2D eigenvalue weighted by Gasteiger charge is 2.27. The normalized spacial score (nSPS) is 15.1. The van der Waals surface area contributed by atoms with E-state index >= 15 is 0 Å². The molecule has 8 heteroatoms. The lowest BCUT2D eigenvalue weighted by Crippen LogP contribution is -2.42. The lowest BCUT2D eigenvalue weighted by molar-refractivity contribution is -0.146. The van der Waals surface area contributed by atoms with Crippen molar-refractivity contribution in [2.75, 3.05) is 25.5 Å². The largest absolute Gasteiger partial charge is 0.469 e. The molecular formula is C16H19N5O3. The third-order valence-electron chi connectivity index (χ3n) is 4.08. The Kier molecular flexibility index (Phi) is 4.74. The van der Waals surface area contributed by atoms with Gasteiger partial charge in [-0.05, 0) is 37.1 Å². The molecule has 0 radical (unpaired) electrons. The number of esters is 1. The highest BCUT2D eigenvalue weighted by atomic mass is 16.5. The Labute approximate surface area is 139 Å². The maximum atomic E-state index is 12.3. The lowest BCUT2D eigenvalue weighted by Gasteiger charge is -2.30. The maximum absolute atomic E-state index is 12.3. The van der Waals surface area contributed by atoms with Crippen molar-refractivity contribution in [2.24, 2.45) is 5.92 Å². The molecule has 0 bridgehead atoms. The molecule has 1 saturated heterocycles. The summed E-state index contributed by atoms with van der Waals surface area (Å²) < 4.78 is 4.75. The number of ether oxygens (including phenoxy) is 1. The molecule has 8 nitrogen and oxygen atoms in total. The van der Waals surface area contributed by atoms with Crippen molar-refractivity contribution in [3.05, 3.63) is 36.7 Å². The second kappa shape index (κ2) is 7.12. The summed E-state index contributed by atoms with van der Waals surface area (Å²) in [4.78, 5) is 27.0. The van der Waals surface area contributed by atoms with E-state index in [1.54, 1.807) is 29.4 Å². The second-order valence-corrected chi connectivity index (χ2v) is 5.58. The molecule has 0 atom stereocenters. The number of methoxy groups -OCH3 is 1. The fourth-order valence-electron chi connectivity index (χ4n) is 2.71. The molecule has 2 aromatic rings. The van der Waals surface area contributed by atoms with E-state index < -0.39 is 0 Å². The molecule has 0 saturated carbocycles. The minimum atomic E-state index is -0.196. The van der Waals surface area contributed by atoms with Crippen LogP contribution in [0.2, 0.25) is 0 Å². The first-order valence-corrected chi connectivity index (χ1v) is 7.78. The van der Waals surface area contributed by atoms with Gasteiger partial charge < -0.3 is 15.0 Å². The van der Waals surface area contributed by atoms with Crippen LogP contribution < -0.4 is 5.32 Å². The monoisotopic (exact) mass is 329 g/mol. The number of amides is 2. The van der Waals surface area contributed by atoms with Gasteiger partial charge in [0.1, 0.15) is 0 Å². The van der Waals surface area contributed by atoms with E-state index in [0.717, 1.165) is 5.69 Å². The summed E-state index contributed by atoms with van der Waals surface area (Å²) >= 11 is 0. The van der Waals surface area contributed by atoms with Crippen LogP contribution in [0.25, 0.3) is 5.69 Å². The number of nitrogens with one attached hydrogen (secondary N) is 1. The van der Waals surface area contributed by atoms with Gasteiger partial charge in [0.15, 0.2) is 0 Å². The predicted octanol–water partition coefficient (Wildman–Crippen LogP) is 1.68. The predicted molar refractivity (Wildman–Crippen MR) is 86.7 cm³/mol. The number of urea groups is 1. The summed E-state index contributed by atoms with van der Waals surface area (Å²) in [5.41, 5.74) is 1.52. The van der Waals surface area contributed by atoms with Gasteiger partial charge in [-0.2, -0.15) is 15.0 Å². The van der Waals surface area contributed by atoms with E-state index in [1.807, 2.05) is 12.1 Å². The molecule has 24 heavy (non-hydrogen) atoms. The quantitative estimate of drug-likeness (QED) is 0.866. The summed E-state index contributed by atoms with van der Waals surface area (Å²) in [5.74, 6) is -0.308. The van der Waals surface area contributed by atoms with E-state index in [0.29, 0.717) is 31.6 Å². The highest BCUT2D eigenvalue weighted by molar-refractivity contribution is 5.89. The number of rotatable bonds is 3. The fraction of sp³-hybridized carbons (Fsp3) is 0.375. The summed E-state index contributed by atoms with van der Waals surface area (Å²) in [6.45, 7) is 1.09. The lowest BCUT2D eigenvalue weighted by atomic mass is 9.97. The standard InChI is InChI=1S/C16H19N5O3/c1-24-15(22)12-6-10-20(11-7-12)16(23)19-13-2-4-14(5-3-13)21-17-8-9-18-21/h2-5,8-9,12H,6-7,10-11H2,1H3,(H,19,23). The van der Waals surface area contributed by atoms with Crippen LogP contribution in [0.3, 0.4) is 0 Å². The number of hydrogen-bond acceptors (Lipinski definition) is 5. The molecule has 1 fully saturated rings. The number of anilines is 1. The van der Waals surface area contributed by atoms with Gasteiger partial charge in [-0.25, -0.2) is 4.79 Å². The van der Waals surface area contributed by atoms with Crippen LogP contribution in [0.15, 0.2) is 36.7 Å². The zero-order chi connectivity index (χ0) is 16.9. The molecule has 2 amide bonds. The third-order valence-corrected chi connectivity index (χ3v) is 4.08. The average molecular weight is 329 g/mol. The van der Waals surface area contributed by atoms with Crippen LogP contribution in [-0.4, -0.2) is 52.1 Å². The van der Waals surface area contributed by atoms with Crippen molar-refractivity contribution in [2.45, 2.75) is 12.8 Å². The molecule has 1 aromatic heterocycles. The molecule has 0 spiro atoms. The van der Waals surface area contributed by atoms with E-state index in [1.165, 1.54) is 11.9 Å². The first kappa shape index (κ1) is 16.0. The SMILES string of the molecule is COC(=O)C1CCN(C(=O)Nc2ccc(-n3nccn3)cc2)CC1. The van der Waals surface area contributed by atoms with E-state index in [2.05, 4.69) is 15.5 Å². The molecule has 126 valence electrons. The minimum absolute atomic E-state index is 0.111. The van der Waals surface area contributed by atoms with Crippen LogP contribution in [0, 0.1) is 5.92 Å². The van der Waals surface area contributed by atoms with Gasteiger partial charge in [-0.1, -0.05) is 0 Å². The molecule has 1 aliphatic heterocycles. The number of nitrogens with zero attached hydrogens (tertiary/aromatic N) is 4. The highest BCUT2D eigenvalue weighted by Crippen LogP contribution is 2.19. The molecule has 1 N–H and O–H groups in total. The van der Waals surface area contributed by atoms with Crippen molar-refractivity contribution in [3.8, 4) is 5.69 Å². The summed E-state index contributed by atoms with van der Waals surface area (Å²) in [7, 11) is 1.39. The van der Waals surface area contributed by atoms with Gasteiger partial charge in [0.2, 0.25) is 0 Å². The van der Waals surface area contributed by atoms with Gasteiger partial charge in [-0.15, -0.1) is 0 Å². The average Bonchev–Trinajstić information content (AvgIpc) is 3.16. The molecule has 3 rings (SSSR count). The molecule has 1 aromatic carbocycles. The fourth-order valence-corrected chi connectivity index (χ4v) is 2.71. The second-order valence-electron chi connectivity index (χ2n) is 5.58. The topological polar surface area (TPSA) is 89.4 Å². The van der Waals surface area contributed by atoms with E-state index in [9.17, 15) is 9.59 Å². The van der Waals surface area contributed by atoms with Crippen molar-refractivity contribution in [3.63, 3.8) is 0 Å². The Bertz CT molecular complexity index is 691. The van der Waals surface area contributed by atoms with Gasteiger partial charge in [0.25, 0.3) is 0 Å². The van der Waals surface area contributed by atoms with Crippen LogP contribution in [0.4, 0.5) is 10.5 Å². The Morgan fingerprint density at radius 1 is 1.12 bits per heavy atom. The number of likely N-dealkylation sites (tertiary alicyclic amines) is 1. The zero-order valence-electron chi connectivity index (χ0n) is 13.4. The minimum Gasteiger partial charge on any atom is -0.469 e. The Morgan fingerprint density at radius 3 is 2.33 bits per heavy atom. The first-order chi connectivity index (χ1) is 11.7. The Morgan fingerprint density at radius 2 is 1.75 bits per heavy atom. The summed E-state index contributed by atoms with van der Waals surface area (Å²) in [6.07, 6.45) is 4.47. The van der Waals surface area contributed by atoms with Crippen molar-refractivity contribution in [1.29, 1.82) is 0 Å². The maximum Gasteiger partial charge on any atom is 0.321 e. The Balaban J connectivity index is 1.55. The summed E-state index contributed by atoms with van der Waals surface area (Å²) in [5, 5.41) is 11.0. The van der Waals surface area contributed by atoms with Crippen LogP contribution >= 0.6 is 0 Å². The van der Waals surface area contributed by atoms with Gasteiger partial charge in [0.05, 0.1) is 31.1 Å². The molecular weight excluding hydrogens is 310 g/mol. The van der Waals surface area contributed by atoms with Crippen molar-refractivity contribution in [1.82, 2.24) is 19.9 Å². The van der Waals surface area contributed by atoms with Crippen molar-refractivity contribution >= 4 is 17.7 Å². The van der Waals surface area contributed by atoms with Gasteiger partial charge in [0, 0.05) is 18.8 Å². The van der Waals surface area contributed by atoms with Crippen molar-refractivity contribution < 1.29 is 14.3 Å². The van der Waals surface area contributed by atoms with Gasteiger partial charge in [-0.3, -0.25) is 4.79 Å². The molecule has 1 aliphatic rings. The Hall–Kier alpha value is -2.90. The number of benzene rings is 1. The van der Waals surface area contributed by atoms with Crippen LogP contribution in [0.5, 0.6) is 0 Å². The zero-order valence-corrected chi connectivity index (χ0v) is 13.4.